The summed E-state index contributed by atoms with van der Waals surface area (Å²) in [4.78, 5) is 28.5. The maximum atomic E-state index is 12.1. The summed E-state index contributed by atoms with van der Waals surface area (Å²) in [6.45, 7) is 1.10. The Morgan fingerprint density at radius 1 is 1.64 bits per heavy atom. The monoisotopic (exact) mass is 347 g/mol. The number of thioether (sulfide) groups is 1. The molecule has 1 fully saturated rings. The van der Waals surface area contributed by atoms with Crippen LogP contribution in [0.4, 0.5) is 4.39 Å². The fourth-order valence-corrected chi connectivity index (χ4v) is 4.11. The third-order valence-corrected chi connectivity index (χ3v) is 5.36. The van der Waals surface area contributed by atoms with Crippen LogP contribution in [0, 0.1) is 0 Å². The second kappa shape index (κ2) is 8.44. The minimum absolute atomic E-state index is 0.0537. The van der Waals surface area contributed by atoms with Gasteiger partial charge in [0.05, 0.1) is 0 Å². The van der Waals surface area contributed by atoms with Crippen molar-refractivity contribution >= 4 is 35.0 Å². The number of rotatable bonds is 9. The highest BCUT2D eigenvalue weighted by Gasteiger charge is 2.30. The second-order valence-corrected chi connectivity index (χ2v) is 7.03. The summed E-state index contributed by atoms with van der Waals surface area (Å²) >= 11 is 2.74. The van der Waals surface area contributed by atoms with Gasteiger partial charge in [-0.2, -0.15) is 0 Å². The van der Waals surface area contributed by atoms with E-state index < -0.39 is 12.6 Å². The first-order valence-corrected chi connectivity index (χ1v) is 8.86. The molecule has 1 aromatic rings. The van der Waals surface area contributed by atoms with Gasteiger partial charge in [-0.3, -0.25) is 4.79 Å². The van der Waals surface area contributed by atoms with E-state index in [2.05, 4.69) is 10.3 Å². The Morgan fingerprint density at radius 2 is 2.45 bits per heavy atom. The lowest BCUT2D eigenvalue weighted by atomic mass is 10.2. The van der Waals surface area contributed by atoms with Crippen LogP contribution in [-0.2, 0) is 4.79 Å². The first kappa shape index (κ1) is 17.2. The first-order chi connectivity index (χ1) is 10.6. The lowest BCUT2D eigenvalue weighted by molar-refractivity contribution is -0.128. The third kappa shape index (κ3) is 4.65. The van der Waals surface area contributed by atoms with Crippen molar-refractivity contribution in [3.63, 3.8) is 0 Å². The lowest BCUT2D eigenvalue weighted by Gasteiger charge is -2.24. The summed E-state index contributed by atoms with van der Waals surface area (Å²) < 4.78 is 12.8. The molecule has 9 heteroatoms. The van der Waals surface area contributed by atoms with Crippen molar-refractivity contribution in [2.75, 3.05) is 32.1 Å². The number of thiazole rings is 1. The zero-order valence-electron chi connectivity index (χ0n) is 12.0. The van der Waals surface area contributed by atoms with Crippen molar-refractivity contribution in [2.45, 2.75) is 23.2 Å². The van der Waals surface area contributed by atoms with Crippen molar-refractivity contribution in [1.29, 1.82) is 0 Å². The number of hydrogen-bond donors (Lipinski definition) is 2. The van der Waals surface area contributed by atoms with Gasteiger partial charge in [0.15, 0.2) is 10.0 Å². The minimum atomic E-state index is -1.03. The standard InChI is InChI=1S/C13H18FN3O3S2/c14-3-4-15-7-9-1-2-11(18)17(9)5-6-21-13-16-10(8-22-13)12(19)20/h8-9,15H,1-7H2,(H,19,20)/t9-/m1/s1. The van der Waals surface area contributed by atoms with Crippen molar-refractivity contribution in [3.05, 3.63) is 11.1 Å². The molecule has 0 aliphatic carbocycles. The Kier molecular flexibility index (Phi) is 6.59. The number of nitrogens with one attached hydrogen (secondary N) is 1. The predicted octanol–water partition coefficient (Wildman–Crippen LogP) is 1.48. The van der Waals surface area contributed by atoms with Crippen LogP contribution in [0.1, 0.15) is 23.3 Å². The van der Waals surface area contributed by atoms with Crippen LogP contribution >= 0.6 is 23.1 Å². The zero-order valence-corrected chi connectivity index (χ0v) is 13.6. The molecule has 22 heavy (non-hydrogen) atoms. The van der Waals surface area contributed by atoms with Gasteiger partial charge in [-0.05, 0) is 6.42 Å². The number of hydrogen-bond acceptors (Lipinski definition) is 6. The Morgan fingerprint density at radius 3 is 3.14 bits per heavy atom. The van der Waals surface area contributed by atoms with Gasteiger partial charge in [0.25, 0.3) is 0 Å². The van der Waals surface area contributed by atoms with Gasteiger partial charge in [0.1, 0.15) is 6.67 Å². The zero-order chi connectivity index (χ0) is 15.9. The van der Waals surface area contributed by atoms with E-state index in [0.29, 0.717) is 36.1 Å². The molecule has 2 heterocycles. The van der Waals surface area contributed by atoms with Crippen molar-refractivity contribution in [3.8, 4) is 0 Å². The Hall–Kier alpha value is -1.19. The number of aromatic nitrogens is 1. The lowest BCUT2D eigenvalue weighted by Crippen LogP contribution is -2.41. The number of amides is 1. The molecule has 1 atom stereocenters. The van der Waals surface area contributed by atoms with E-state index in [-0.39, 0.29) is 17.6 Å². The van der Waals surface area contributed by atoms with Crippen LogP contribution < -0.4 is 5.32 Å². The van der Waals surface area contributed by atoms with Crippen molar-refractivity contribution in [1.82, 2.24) is 15.2 Å². The maximum absolute atomic E-state index is 12.1. The third-order valence-electron chi connectivity index (χ3n) is 3.36. The molecule has 0 unspecified atom stereocenters. The second-order valence-electron chi connectivity index (χ2n) is 4.83. The number of aromatic carboxylic acids is 1. The number of carboxylic acids is 1. The average Bonchev–Trinajstić information content (AvgIpc) is 3.09. The largest absolute Gasteiger partial charge is 0.476 e. The van der Waals surface area contributed by atoms with Gasteiger partial charge < -0.3 is 15.3 Å². The number of carbonyl (C=O) groups excluding carboxylic acids is 1. The molecule has 2 rings (SSSR count). The fourth-order valence-electron chi connectivity index (χ4n) is 2.30. The van der Waals surface area contributed by atoms with E-state index in [0.717, 1.165) is 6.42 Å². The van der Waals surface area contributed by atoms with Gasteiger partial charge in [-0.15, -0.1) is 11.3 Å². The summed E-state index contributed by atoms with van der Waals surface area (Å²) in [5.74, 6) is -0.243. The molecule has 6 nitrogen and oxygen atoms in total. The Labute approximate surface area is 136 Å². The van der Waals surface area contributed by atoms with Gasteiger partial charge in [0.2, 0.25) is 5.91 Å². The van der Waals surface area contributed by atoms with Crippen molar-refractivity contribution < 1.29 is 19.1 Å². The van der Waals surface area contributed by atoms with E-state index in [9.17, 15) is 14.0 Å². The predicted molar refractivity (Wildman–Crippen MR) is 83.4 cm³/mol. The van der Waals surface area contributed by atoms with Gasteiger partial charge in [-0.25, -0.2) is 14.2 Å². The highest BCUT2D eigenvalue weighted by atomic mass is 32.2. The van der Waals surface area contributed by atoms with E-state index in [1.54, 1.807) is 0 Å². The topological polar surface area (TPSA) is 82.5 Å². The molecule has 1 aliphatic heterocycles. The Balaban J connectivity index is 1.78. The smallest absolute Gasteiger partial charge is 0.355 e. The average molecular weight is 347 g/mol. The molecule has 1 amide bonds. The number of likely N-dealkylation sites (tertiary alicyclic amines) is 1. The quantitative estimate of drug-likeness (QED) is 0.520. The van der Waals surface area contributed by atoms with E-state index >= 15 is 0 Å². The normalized spacial score (nSPS) is 18.1. The molecular formula is C13H18FN3O3S2. The minimum Gasteiger partial charge on any atom is -0.476 e. The van der Waals surface area contributed by atoms with E-state index in [1.165, 1.54) is 28.5 Å². The molecule has 2 N–H and O–H groups in total. The number of alkyl halides is 1. The highest BCUT2D eigenvalue weighted by Crippen LogP contribution is 2.24. The summed E-state index contributed by atoms with van der Waals surface area (Å²) in [5, 5.41) is 13.3. The van der Waals surface area contributed by atoms with Crippen LogP contribution in [0.25, 0.3) is 0 Å². The molecule has 0 aromatic carbocycles. The maximum Gasteiger partial charge on any atom is 0.355 e. The number of nitrogens with zero attached hydrogens (tertiary/aromatic N) is 2. The molecule has 0 bridgehead atoms. The summed E-state index contributed by atoms with van der Waals surface area (Å²) in [5.41, 5.74) is 0.0537. The molecule has 0 spiro atoms. The summed E-state index contributed by atoms with van der Waals surface area (Å²) in [6, 6.07) is 0.116. The molecule has 0 radical (unpaired) electrons. The van der Waals surface area contributed by atoms with Crippen LogP contribution in [0.15, 0.2) is 9.72 Å². The molecular weight excluding hydrogens is 329 g/mol. The highest BCUT2D eigenvalue weighted by molar-refractivity contribution is 8.01. The molecule has 1 saturated heterocycles. The van der Waals surface area contributed by atoms with E-state index in [4.69, 9.17) is 5.11 Å². The molecule has 1 aromatic heterocycles. The fraction of sp³-hybridized carbons (Fsp3) is 0.615. The number of halogens is 1. The molecule has 122 valence electrons. The van der Waals surface area contributed by atoms with Crippen LogP contribution in [-0.4, -0.2) is 65.0 Å². The van der Waals surface area contributed by atoms with E-state index in [1.807, 2.05) is 4.90 Å². The molecule has 1 aliphatic rings. The number of carbonyl (C=O) groups is 2. The summed E-state index contributed by atoms with van der Waals surface area (Å²) in [7, 11) is 0. The van der Waals surface area contributed by atoms with Gasteiger partial charge in [-0.1, -0.05) is 11.8 Å². The SMILES string of the molecule is O=C(O)c1csc(SCCN2C(=O)CC[C@@H]2CNCCF)n1. The van der Waals surface area contributed by atoms with Gasteiger partial charge >= 0.3 is 5.97 Å². The van der Waals surface area contributed by atoms with Crippen LogP contribution in [0.2, 0.25) is 0 Å². The van der Waals surface area contributed by atoms with Crippen molar-refractivity contribution in [2.24, 2.45) is 0 Å². The van der Waals surface area contributed by atoms with Gasteiger partial charge in [0, 0.05) is 43.2 Å². The van der Waals surface area contributed by atoms with Crippen LogP contribution in [0.3, 0.4) is 0 Å². The Bertz CT molecular complexity index is 526. The number of carboxylic acid groups (broad SMARTS) is 1. The van der Waals surface area contributed by atoms with Crippen LogP contribution in [0.5, 0.6) is 0 Å². The first-order valence-electron chi connectivity index (χ1n) is 6.99. The molecule has 0 saturated carbocycles. The summed E-state index contributed by atoms with van der Waals surface area (Å²) in [6.07, 6.45) is 1.33.